The summed E-state index contributed by atoms with van der Waals surface area (Å²) in [6.45, 7) is 0. The van der Waals surface area contributed by atoms with Gasteiger partial charge in [-0.1, -0.05) is 0 Å². The number of rotatable bonds is 2. The van der Waals surface area contributed by atoms with Gasteiger partial charge in [0.2, 0.25) is 5.56 Å². The lowest BCUT2D eigenvalue weighted by Gasteiger charge is -2.06. The van der Waals surface area contributed by atoms with Gasteiger partial charge in [-0.05, 0) is 11.6 Å². The molecule has 1 aromatic rings. The molecule has 0 fully saturated rings. The lowest BCUT2D eigenvalue weighted by atomic mass is 10.2. The van der Waals surface area contributed by atoms with Crippen LogP contribution in [0.3, 0.4) is 0 Å². The van der Waals surface area contributed by atoms with E-state index in [0.29, 0.717) is 0 Å². The molecule has 0 aliphatic carbocycles. The average molecular weight is 223 g/mol. The maximum atomic E-state index is 12.3. The Morgan fingerprint density at radius 3 is 2.57 bits per heavy atom. The Labute approximate surface area is 81.7 Å². The highest BCUT2D eigenvalue weighted by molar-refractivity contribution is 6.68. The van der Waals surface area contributed by atoms with Gasteiger partial charge in [-0.15, -0.1) is 0 Å². The first-order valence-electron chi connectivity index (χ1n) is 3.44. The highest BCUT2D eigenvalue weighted by Gasteiger charge is 2.21. The molecule has 1 rings (SSSR count). The third-order valence-corrected chi connectivity index (χ3v) is 1.71. The Bertz CT molecular complexity index is 430. The topological polar surface area (TPSA) is 76.0 Å². The second-order valence-electron chi connectivity index (χ2n) is 2.45. The lowest BCUT2D eigenvalue weighted by Crippen LogP contribution is -2.15. The van der Waals surface area contributed by atoms with Gasteiger partial charge in [0.15, 0.2) is 0 Å². The molecule has 76 valence electrons. The van der Waals surface area contributed by atoms with Gasteiger partial charge >= 0.3 is 0 Å². The molecule has 0 aromatic carbocycles. The van der Waals surface area contributed by atoms with Crippen LogP contribution in [-0.4, -0.2) is 10.2 Å². The quantitative estimate of drug-likeness (QED) is 0.740. The molecule has 0 atom stereocenters. The lowest BCUT2D eigenvalue weighted by molar-refractivity contribution is 0.106. The number of halogens is 3. The predicted octanol–water partition coefficient (Wildman–Crippen LogP) is 1.27. The first-order valence-corrected chi connectivity index (χ1v) is 3.82. The van der Waals surface area contributed by atoms with E-state index in [9.17, 15) is 18.4 Å². The van der Waals surface area contributed by atoms with Crippen molar-refractivity contribution >= 4 is 22.5 Å². The number of H-pyrrole nitrogens is 1. The molecular formula is C7H5ClF2N2O2. The van der Waals surface area contributed by atoms with E-state index in [-0.39, 0.29) is 5.69 Å². The van der Waals surface area contributed by atoms with E-state index in [0.717, 1.165) is 6.07 Å². The van der Waals surface area contributed by atoms with E-state index in [2.05, 4.69) is 0 Å². The van der Waals surface area contributed by atoms with Crippen molar-refractivity contribution < 1.29 is 13.6 Å². The number of hydrogen-bond donors (Lipinski definition) is 2. The fourth-order valence-corrected chi connectivity index (χ4v) is 1.19. The summed E-state index contributed by atoms with van der Waals surface area (Å²) in [7, 11) is 0. The number of hydrogen-bond acceptors (Lipinski definition) is 3. The second kappa shape index (κ2) is 3.75. The summed E-state index contributed by atoms with van der Waals surface area (Å²) in [5.41, 5.74) is 2.63. The number of aromatic nitrogens is 1. The van der Waals surface area contributed by atoms with Crippen LogP contribution < -0.4 is 11.3 Å². The summed E-state index contributed by atoms with van der Waals surface area (Å²) < 4.78 is 24.6. The van der Waals surface area contributed by atoms with E-state index < -0.39 is 28.5 Å². The molecule has 0 bridgehead atoms. The number of nitrogen functional groups attached to an aromatic ring is 1. The smallest absolute Gasteiger partial charge is 0.279 e. The molecule has 0 saturated carbocycles. The van der Waals surface area contributed by atoms with Crippen molar-refractivity contribution in [2.45, 2.75) is 6.43 Å². The van der Waals surface area contributed by atoms with Gasteiger partial charge in [0.1, 0.15) is 0 Å². The number of nitrogens with one attached hydrogen (secondary N) is 1. The summed E-state index contributed by atoms with van der Waals surface area (Å²) in [5, 5.41) is -1.13. The number of carbonyl (C=O) groups is 1. The summed E-state index contributed by atoms with van der Waals surface area (Å²) in [4.78, 5) is 23.3. The highest BCUT2D eigenvalue weighted by atomic mass is 35.5. The first kappa shape index (κ1) is 10.6. The highest BCUT2D eigenvalue weighted by Crippen LogP contribution is 2.24. The largest absolute Gasteiger partial charge is 0.398 e. The normalized spacial score (nSPS) is 10.6. The van der Waals surface area contributed by atoms with Crippen LogP contribution >= 0.6 is 11.6 Å². The number of nitrogens with two attached hydrogens (primary N) is 1. The van der Waals surface area contributed by atoms with Crippen LogP contribution in [0, 0.1) is 0 Å². The fraction of sp³-hybridized carbons (Fsp3) is 0.143. The van der Waals surface area contributed by atoms with Crippen LogP contribution in [0.4, 0.5) is 14.5 Å². The Kier molecular flexibility index (Phi) is 2.85. The third kappa shape index (κ3) is 1.90. The van der Waals surface area contributed by atoms with Crippen molar-refractivity contribution in [2.24, 2.45) is 0 Å². The Balaban J connectivity index is 3.52. The molecule has 0 spiro atoms. The molecule has 14 heavy (non-hydrogen) atoms. The van der Waals surface area contributed by atoms with E-state index in [1.54, 1.807) is 4.98 Å². The molecule has 7 heteroatoms. The molecule has 0 aliphatic rings. The van der Waals surface area contributed by atoms with Crippen LogP contribution in [-0.2, 0) is 0 Å². The maximum absolute atomic E-state index is 12.3. The van der Waals surface area contributed by atoms with Gasteiger partial charge in [0.25, 0.3) is 11.7 Å². The molecular weight excluding hydrogens is 218 g/mol. The minimum atomic E-state index is -3.01. The molecule has 3 N–H and O–H groups in total. The molecule has 4 nitrogen and oxygen atoms in total. The van der Waals surface area contributed by atoms with Crippen molar-refractivity contribution in [1.82, 2.24) is 4.98 Å². The Morgan fingerprint density at radius 2 is 2.14 bits per heavy atom. The molecule has 0 radical (unpaired) electrons. The van der Waals surface area contributed by atoms with Crippen LogP contribution in [0.5, 0.6) is 0 Å². The van der Waals surface area contributed by atoms with Gasteiger partial charge in [-0.25, -0.2) is 8.78 Å². The summed E-state index contributed by atoms with van der Waals surface area (Å²) in [5.74, 6) is 0. The maximum Gasteiger partial charge on any atom is 0.279 e. The van der Waals surface area contributed by atoms with E-state index >= 15 is 0 Å². The zero-order valence-electron chi connectivity index (χ0n) is 6.68. The van der Waals surface area contributed by atoms with E-state index in [4.69, 9.17) is 17.3 Å². The summed E-state index contributed by atoms with van der Waals surface area (Å²) >= 11 is 5.04. The van der Waals surface area contributed by atoms with Crippen LogP contribution in [0.1, 0.15) is 22.5 Å². The monoisotopic (exact) mass is 222 g/mol. The SMILES string of the molecule is Nc1cc(=O)[nH]c(C(F)F)c1C(=O)Cl. The van der Waals surface area contributed by atoms with E-state index in [1.165, 1.54) is 0 Å². The van der Waals surface area contributed by atoms with Crippen LogP contribution in [0.25, 0.3) is 0 Å². The predicted molar refractivity (Wildman–Crippen MR) is 46.6 cm³/mol. The van der Waals surface area contributed by atoms with Gasteiger partial charge in [-0.3, -0.25) is 9.59 Å². The molecule has 0 amide bonds. The Hall–Kier alpha value is -1.43. The zero-order valence-corrected chi connectivity index (χ0v) is 7.44. The number of aromatic amines is 1. The standard InChI is InChI=1S/C7H5ClF2N2O2/c8-6(14)4-2(11)1-3(13)12-5(4)7(9)10/h1,7H,(H3,11,12,13). The van der Waals surface area contributed by atoms with Crippen molar-refractivity contribution in [3.63, 3.8) is 0 Å². The number of alkyl halides is 2. The summed E-state index contributed by atoms with van der Waals surface area (Å²) in [6.07, 6.45) is -3.01. The minimum Gasteiger partial charge on any atom is -0.398 e. The third-order valence-electron chi connectivity index (χ3n) is 1.52. The van der Waals surface area contributed by atoms with Gasteiger partial charge in [-0.2, -0.15) is 0 Å². The molecule has 1 heterocycles. The number of carbonyl (C=O) groups excluding carboxylic acids is 1. The van der Waals surface area contributed by atoms with Gasteiger partial charge in [0, 0.05) is 6.07 Å². The number of anilines is 1. The average Bonchev–Trinajstić information content (AvgIpc) is 2.01. The van der Waals surface area contributed by atoms with Crippen molar-refractivity contribution in [3.8, 4) is 0 Å². The Morgan fingerprint density at radius 1 is 1.57 bits per heavy atom. The van der Waals surface area contributed by atoms with Crippen molar-refractivity contribution in [1.29, 1.82) is 0 Å². The second-order valence-corrected chi connectivity index (χ2v) is 2.80. The molecule has 0 unspecified atom stereocenters. The first-order chi connectivity index (χ1) is 6.43. The molecule has 0 saturated heterocycles. The number of pyridine rings is 1. The van der Waals surface area contributed by atoms with Crippen molar-refractivity contribution in [2.75, 3.05) is 5.73 Å². The molecule has 0 aliphatic heterocycles. The van der Waals surface area contributed by atoms with Crippen LogP contribution in [0.2, 0.25) is 0 Å². The van der Waals surface area contributed by atoms with E-state index in [1.807, 2.05) is 0 Å². The minimum absolute atomic E-state index is 0.357. The summed E-state index contributed by atoms with van der Waals surface area (Å²) in [6, 6.07) is 0.821. The molecule has 1 aromatic heterocycles. The van der Waals surface area contributed by atoms with Crippen molar-refractivity contribution in [3.05, 3.63) is 27.7 Å². The van der Waals surface area contributed by atoms with Gasteiger partial charge < -0.3 is 10.7 Å². The van der Waals surface area contributed by atoms with Gasteiger partial charge in [0.05, 0.1) is 16.9 Å². The zero-order chi connectivity index (χ0) is 10.9. The fourth-order valence-electron chi connectivity index (χ4n) is 0.983. The van der Waals surface area contributed by atoms with Crippen LogP contribution in [0.15, 0.2) is 10.9 Å².